The lowest BCUT2D eigenvalue weighted by molar-refractivity contribution is -0.117. The molecule has 0 unspecified atom stereocenters. The first-order valence-electron chi connectivity index (χ1n) is 9.05. The molecule has 1 aliphatic heterocycles. The second-order valence-electron chi connectivity index (χ2n) is 6.90. The molecule has 0 spiro atoms. The maximum Gasteiger partial charge on any atom is 0.255 e. The van der Waals surface area contributed by atoms with Gasteiger partial charge in [-0.2, -0.15) is 0 Å². The second kappa shape index (κ2) is 7.27. The van der Waals surface area contributed by atoms with Gasteiger partial charge in [-0.05, 0) is 36.8 Å². The van der Waals surface area contributed by atoms with Gasteiger partial charge in [0.2, 0.25) is 5.91 Å². The van der Waals surface area contributed by atoms with Crippen LogP contribution in [0.5, 0.6) is 0 Å². The van der Waals surface area contributed by atoms with E-state index in [1.54, 1.807) is 6.07 Å². The molecule has 1 heterocycles. The number of carbonyl (C=O) groups is 2. The van der Waals surface area contributed by atoms with Crippen molar-refractivity contribution in [3.63, 3.8) is 0 Å². The Morgan fingerprint density at radius 1 is 1.04 bits per heavy atom. The van der Waals surface area contributed by atoms with Crippen molar-refractivity contribution in [2.75, 3.05) is 11.9 Å². The molecule has 1 aliphatic rings. The zero-order valence-electron chi connectivity index (χ0n) is 15.4. The van der Waals surface area contributed by atoms with E-state index in [-0.39, 0.29) is 18.0 Å². The molecule has 0 radical (unpaired) electrons. The highest BCUT2D eigenvalue weighted by molar-refractivity contribution is 6.01. The molecule has 0 aliphatic carbocycles. The molecule has 1 N–H and O–H groups in total. The van der Waals surface area contributed by atoms with Gasteiger partial charge in [0.25, 0.3) is 5.91 Å². The number of fused-ring (bicyclic) bond motifs is 1. The van der Waals surface area contributed by atoms with Gasteiger partial charge in [-0.3, -0.25) is 9.59 Å². The first kappa shape index (κ1) is 17.9. The molecule has 0 aromatic heterocycles. The van der Waals surface area contributed by atoms with Gasteiger partial charge in [-0.15, -0.1) is 0 Å². The van der Waals surface area contributed by atoms with Gasteiger partial charge in [-0.1, -0.05) is 54.1 Å². The van der Waals surface area contributed by atoms with Crippen LogP contribution in [0.1, 0.15) is 33.1 Å². The van der Waals surface area contributed by atoms with Crippen molar-refractivity contribution in [2.24, 2.45) is 0 Å². The topological polar surface area (TPSA) is 49.4 Å². The second-order valence-corrected chi connectivity index (χ2v) is 6.90. The number of benzene rings is 3. The van der Waals surface area contributed by atoms with Gasteiger partial charge in [-0.25, -0.2) is 4.39 Å². The molecule has 3 aromatic rings. The predicted octanol–water partition coefficient (Wildman–Crippen LogP) is 4.32. The van der Waals surface area contributed by atoms with Crippen molar-refractivity contribution >= 4 is 17.5 Å². The van der Waals surface area contributed by atoms with Crippen LogP contribution in [-0.4, -0.2) is 23.3 Å². The highest BCUT2D eigenvalue weighted by Gasteiger charge is 2.34. The van der Waals surface area contributed by atoms with Gasteiger partial charge < -0.3 is 10.2 Å². The quantitative estimate of drug-likeness (QED) is 0.726. The fourth-order valence-electron chi connectivity index (χ4n) is 3.60. The zero-order chi connectivity index (χ0) is 19.7. The Bertz CT molecular complexity index is 1050. The molecule has 0 saturated heterocycles. The number of nitrogens with zero attached hydrogens (tertiary/aromatic N) is 1. The minimum absolute atomic E-state index is 0.122. The number of rotatable bonds is 2. The van der Waals surface area contributed by atoms with Crippen LogP contribution >= 0.6 is 0 Å². The van der Waals surface area contributed by atoms with Gasteiger partial charge in [0.15, 0.2) is 0 Å². The van der Waals surface area contributed by atoms with Crippen molar-refractivity contribution in [3.8, 4) is 0 Å². The summed E-state index contributed by atoms with van der Waals surface area (Å²) in [6.45, 7) is 1.84. The van der Waals surface area contributed by atoms with Crippen LogP contribution in [0.4, 0.5) is 10.1 Å². The van der Waals surface area contributed by atoms with Crippen molar-refractivity contribution in [2.45, 2.75) is 13.0 Å². The Labute approximate surface area is 162 Å². The summed E-state index contributed by atoms with van der Waals surface area (Å²) in [5.74, 6) is -1.16. The van der Waals surface area contributed by atoms with Gasteiger partial charge >= 0.3 is 0 Å². The number of amides is 2. The van der Waals surface area contributed by atoms with Gasteiger partial charge in [0.05, 0.1) is 6.04 Å². The Balaban J connectivity index is 1.89. The van der Waals surface area contributed by atoms with Crippen LogP contribution in [0, 0.1) is 12.7 Å². The molecule has 2 amide bonds. The fraction of sp³-hybridized carbons (Fsp3) is 0.130. The molecule has 4 rings (SSSR count). The van der Waals surface area contributed by atoms with E-state index in [2.05, 4.69) is 5.32 Å². The zero-order valence-corrected chi connectivity index (χ0v) is 15.4. The summed E-state index contributed by atoms with van der Waals surface area (Å²) in [5.41, 5.74) is 3.63. The van der Waals surface area contributed by atoms with Crippen LogP contribution in [0.3, 0.4) is 0 Å². The van der Waals surface area contributed by atoms with Crippen LogP contribution < -0.4 is 5.32 Å². The monoisotopic (exact) mass is 374 g/mol. The van der Waals surface area contributed by atoms with Crippen molar-refractivity contribution in [1.82, 2.24) is 4.90 Å². The molecule has 0 saturated carbocycles. The average molecular weight is 374 g/mol. The highest BCUT2D eigenvalue weighted by Crippen LogP contribution is 2.37. The maximum absolute atomic E-state index is 13.7. The Kier molecular flexibility index (Phi) is 4.65. The SMILES string of the molecule is Cc1ccc2c(c1)[C@H](c1ccccc1)N(C(=O)c1cccc(F)c1)CC(=O)N2. The Morgan fingerprint density at radius 3 is 2.57 bits per heavy atom. The summed E-state index contributed by atoms with van der Waals surface area (Å²) in [6.07, 6.45) is 0. The van der Waals surface area contributed by atoms with E-state index in [9.17, 15) is 14.0 Å². The summed E-state index contributed by atoms with van der Waals surface area (Å²) < 4.78 is 13.7. The maximum atomic E-state index is 13.7. The van der Waals surface area contributed by atoms with E-state index in [1.165, 1.54) is 23.1 Å². The lowest BCUT2D eigenvalue weighted by Gasteiger charge is -2.31. The van der Waals surface area contributed by atoms with Crippen LogP contribution in [0.25, 0.3) is 0 Å². The normalized spacial score (nSPS) is 16.1. The van der Waals surface area contributed by atoms with Gasteiger partial charge in [0.1, 0.15) is 12.4 Å². The summed E-state index contributed by atoms with van der Waals surface area (Å²) in [7, 11) is 0. The van der Waals surface area contributed by atoms with E-state index < -0.39 is 17.8 Å². The van der Waals surface area contributed by atoms with Crippen molar-refractivity contribution in [1.29, 1.82) is 0 Å². The number of aryl methyl sites for hydroxylation is 1. The molecular formula is C23H19FN2O2. The lowest BCUT2D eigenvalue weighted by Crippen LogP contribution is -2.39. The number of hydrogen-bond donors (Lipinski definition) is 1. The summed E-state index contributed by atoms with van der Waals surface area (Å²) in [4.78, 5) is 27.4. The van der Waals surface area contributed by atoms with Crippen molar-refractivity contribution < 1.29 is 14.0 Å². The van der Waals surface area contributed by atoms with E-state index in [0.29, 0.717) is 5.69 Å². The van der Waals surface area contributed by atoms with E-state index in [0.717, 1.165) is 16.7 Å². The van der Waals surface area contributed by atoms with Crippen molar-refractivity contribution in [3.05, 3.63) is 101 Å². The average Bonchev–Trinajstić information content (AvgIpc) is 2.83. The highest BCUT2D eigenvalue weighted by atomic mass is 19.1. The minimum Gasteiger partial charge on any atom is -0.324 e. The fourth-order valence-corrected chi connectivity index (χ4v) is 3.60. The molecule has 1 atom stereocenters. The third-order valence-electron chi connectivity index (χ3n) is 4.85. The van der Waals surface area contributed by atoms with E-state index >= 15 is 0 Å². The largest absolute Gasteiger partial charge is 0.324 e. The molecule has 5 heteroatoms. The third kappa shape index (κ3) is 3.39. The van der Waals surface area contributed by atoms with Crippen LogP contribution in [0.15, 0.2) is 72.8 Å². The lowest BCUT2D eigenvalue weighted by atomic mass is 9.94. The molecule has 3 aromatic carbocycles. The van der Waals surface area contributed by atoms with Gasteiger partial charge in [0, 0.05) is 16.8 Å². The number of halogens is 1. The summed E-state index contributed by atoms with van der Waals surface area (Å²) in [6, 6.07) is 20.4. The van der Waals surface area contributed by atoms with E-state index in [4.69, 9.17) is 0 Å². The summed E-state index contributed by atoms with van der Waals surface area (Å²) in [5, 5.41) is 2.89. The first-order valence-corrected chi connectivity index (χ1v) is 9.05. The first-order chi connectivity index (χ1) is 13.5. The standard InChI is InChI=1S/C23H19FN2O2/c1-15-10-11-20-19(12-15)22(16-6-3-2-4-7-16)26(14-21(27)25-20)23(28)17-8-5-9-18(24)13-17/h2-13,22H,14H2,1H3,(H,25,27)/t22-/m0/s1. The number of carbonyl (C=O) groups excluding carboxylic acids is 2. The molecule has 0 bridgehead atoms. The van der Waals surface area contributed by atoms with Crippen LogP contribution in [-0.2, 0) is 4.79 Å². The molecule has 4 nitrogen and oxygen atoms in total. The summed E-state index contributed by atoms with van der Waals surface area (Å²) >= 11 is 0. The smallest absolute Gasteiger partial charge is 0.255 e. The van der Waals surface area contributed by atoms with Crippen LogP contribution in [0.2, 0.25) is 0 Å². The Morgan fingerprint density at radius 2 is 1.82 bits per heavy atom. The Hall–Kier alpha value is -3.47. The molecular weight excluding hydrogens is 355 g/mol. The molecule has 140 valence electrons. The number of nitrogens with one attached hydrogen (secondary N) is 1. The number of hydrogen-bond acceptors (Lipinski definition) is 2. The third-order valence-corrected chi connectivity index (χ3v) is 4.85. The molecule has 0 fully saturated rings. The van der Waals surface area contributed by atoms with E-state index in [1.807, 2.05) is 55.5 Å². The minimum atomic E-state index is -0.488. The number of anilines is 1. The molecule has 28 heavy (non-hydrogen) atoms. The predicted molar refractivity (Wildman–Crippen MR) is 106 cm³/mol.